The van der Waals surface area contributed by atoms with E-state index in [0.29, 0.717) is 18.0 Å². The molecule has 1 N–H and O–H groups in total. The summed E-state index contributed by atoms with van der Waals surface area (Å²) in [6.07, 6.45) is 2.18. The van der Waals surface area contributed by atoms with Crippen LogP contribution in [0.5, 0.6) is 11.5 Å². The van der Waals surface area contributed by atoms with E-state index in [1.165, 1.54) is 0 Å². The van der Waals surface area contributed by atoms with Crippen LogP contribution in [-0.4, -0.2) is 43.9 Å². The minimum atomic E-state index is -0.122. The summed E-state index contributed by atoms with van der Waals surface area (Å²) in [4.78, 5) is 12.5. The van der Waals surface area contributed by atoms with Gasteiger partial charge in [-0.25, -0.2) is 0 Å². The summed E-state index contributed by atoms with van der Waals surface area (Å²) in [7, 11) is 5.09. The van der Waals surface area contributed by atoms with Gasteiger partial charge in [0.15, 0.2) is 0 Å². The molecule has 1 aromatic heterocycles. The van der Waals surface area contributed by atoms with Crippen LogP contribution in [0.4, 0.5) is 0 Å². The number of aryl methyl sites for hydroxylation is 1. The highest BCUT2D eigenvalue weighted by atomic mass is 16.5. The van der Waals surface area contributed by atoms with E-state index in [0.717, 1.165) is 36.1 Å². The van der Waals surface area contributed by atoms with Gasteiger partial charge in [-0.15, -0.1) is 0 Å². The van der Waals surface area contributed by atoms with E-state index in [1.54, 1.807) is 14.2 Å². The van der Waals surface area contributed by atoms with Gasteiger partial charge in [0.05, 0.1) is 25.8 Å². The standard InChI is InChI=1S/C17H22N2O4/c1-19-13(17(20)18-10-11-5-4-8-23-11)9-12-14(21-2)6-7-15(22-3)16(12)19/h6-7,9,11H,4-5,8,10H2,1-3H3,(H,18,20). The molecule has 23 heavy (non-hydrogen) atoms. The minimum Gasteiger partial charge on any atom is -0.496 e. The molecule has 1 aliphatic rings. The molecule has 1 saturated heterocycles. The van der Waals surface area contributed by atoms with Crippen molar-refractivity contribution < 1.29 is 19.0 Å². The fourth-order valence-electron chi connectivity index (χ4n) is 3.07. The number of ether oxygens (including phenoxy) is 3. The van der Waals surface area contributed by atoms with Crippen LogP contribution >= 0.6 is 0 Å². The molecule has 0 radical (unpaired) electrons. The Bertz CT molecular complexity index is 717. The van der Waals surface area contributed by atoms with Gasteiger partial charge in [-0.3, -0.25) is 4.79 Å². The molecule has 3 rings (SSSR count). The second-order valence-corrected chi connectivity index (χ2v) is 5.67. The number of benzene rings is 1. The van der Waals surface area contributed by atoms with Crippen molar-refractivity contribution in [3.05, 3.63) is 23.9 Å². The van der Waals surface area contributed by atoms with E-state index >= 15 is 0 Å². The van der Waals surface area contributed by atoms with Gasteiger partial charge in [-0.2, -0.15) is 0 Å². The predicted octanol–water partition coefficient (Wildman–Crippen LogP) is 2.10. The van der Waals surface area contributed by atoms with Gasteiger partial charge in [0.25, 0.3) is 5.91 Å². The van der Waals surface area contributed by atoms with Crippen molar-refractivity contribution in [2.45, 2.75) is 18.9 Å². The van der Waals surface area contributed by atoms with E-state index in [2.05, 4.69) is 5.32 Å². The van der Waals surface area contributed by atoms with Crippen molar-refractivity contribution in [1.29, 1.82) is 0 Å². The molecule has 6 nitrogen and oxygen atoms in total. The number of rotatable bonds is 5. The Morgan fingerprint density at radius 3 is 2.74 bits per heavy atom. The Balaban J connectivity index is 1.91. The van der Waals surface area contributed by atoms with Gasteiger partial charge in [-0.05, 0) is 31.0 Å². The number of carbonyl (C=O) groups is 1. The van der Waals surface area contributed by atoms with Gasteiger partial charge in [0.1, 0.15) is 17.2 Å². The van der Waals surface area contributed by atoms with Crippen molar-refractivity contribution in [3.8, 4) is 11.5 Å². The third-order valence-corrected chi connectivity index (χ3v) is 4.30. The molecule has 0 spiro atoms. The van der Waals surface area contributed by atoms with Crippen LogP contribution in [0.1, 0.15) is 23.3 Å². The third kappa shape index (κ3) is 2.86. The summed E-state index contributed by atoms with van der Waals surface area (Å²) in [5, 5.41) is 3.81. The molecule has 0 aliphatic carbocycles. The van der Waals surface area contributed by atoms with Crippen molar-refractivity contribution in [1.82, 2.24) is 9.88 Å². The Hall–Kier alpha value is -2.21. The Morgan fingerprint density at radius 1 is 1.35 bits per heavy atom. The number of nitrogens with one attached hydrogen (secondary N) is 1. The summed E-state index contributed by atoms with van der Waals surface area (Å²) in [6.45, 7) is 1.32. The third-order valence-electron chi connectivity index (χ3n) is 4.30. The molecule has 0 saturated carbocycles. The van der Waals surface area contributed by atoms with Gasteiger partial charge < -0.3 is 24.1 Å². The van der Waals surface area contributed by atoms with Crippen molar-refractivity contribution in [2.24, 2.45) is 7.05 Å². The number of hydrogen-bond acceptors (Lipinski definition) is 4. The smallest absolute Gasteiger partial charge is 0.268 e. The second kappa shape index (κ2) is 6.50. The molecule has 1 atom stereocenters. The number of nitrogens with zero attached hydrogens (tertiary/aromatic N) is 1. The van der Waals surface area contributed by atoms with Crippen LogP contribution in [0.3, 0.4) is 0 Å². The monoisotopic (exact) mass is 318 g/mol. The topological polar surface area (TPSA) is 61.7 Å². The SMILES string of the molecule is COc1ccc(OC)c2c1cc(C(=O)NCC1CCCO1)n2C. The highest BCUT2D eigenvalue weighted by Gasteiger charge is 2.21. The average Bonchev–Trinajstić information content (AvgIpc) is 3.20. The van der Waals surface area contributed by atoms with Crippen molar-refractivity contribution in [3.63, 3.8) is 0 Å². The van der Waals surface area contributed by atoms with E-state index < -0.39 is 0 Å². The first kappa shape index (κ1) is 15.7. The zero-order chi connectivity index (χ0) is 16.4. The van der Waals surface area contributed by atoms with Crippen LogP contribution in [0, 0.1) is 0 Å². The summed E-state index contributed by atoms with van der Waals surface area (Å²) in [5.41, 5.74) is 1.41. The van der Waals surface area contributed by atoms with Gasteiger partial charge in [-0.1, -0.05) is 0 Å². The lowest BCUT2D eigenvalue weighted by molar-refractivity contribution is 0.0851. The number of carbonyl (C=O) groups excluding carboxylic acids is 1. The van der Waals surface area contributed by atoms with Gasteiger partial charge >= 0.3 is 0 Å². The molecule has 2 heterocycles. The van der Waals surface area contributed by atoms with Crippen LogP contribution in [0.15, 0.2) is 18.2 Å². The maximum Gasteiger partial charge on any atom is 0.268 e. The molecule has 0 bridgehead atoms. The molecule has 1 fully saturated rings. The van der Waals surface area contributed by atoms with Gasteiger partial charge in [0, 0.05) is 25.6 Å². The molecule has 1 amide bonds. The lowest BCUT2D eigenvalue weighted by Gasteiger charge is -2.11. The first-order valence-corrected chi connectivity index (χ1v) is 7.76. The van der Waals surface area contributed by atoms with Crippen LogP contribution in [0.25, 0.3) is 10.9 Å². The fraction of sp³-hybridized carbons (Fsp3) is 0.471. The average molecular weight is 318 g/mol. The Labute approximate surface area is 135 Å². The number of fused-ring (bicyclic) bond motifs is 1. The predicted molar refractivity (Wildman–Crippen MR) is 87.3 cm³/mol. The lowest BCUT2D eigenvalue weighted by atomic mass is 10.2. The first-order valence-electron chi connectivity index (χ1n) is 7.76. The molecule has 1 unspecified atom stereocenters. The summed E-state index contributed by atoms with van der Waals surface area (Å²) in [6, 6.07) is 5.52. The summed E-state index contributed by atoms with van der Waals surface area (Å²) in [5.74, 6) is 1.30. The Morgan fingerprint density at radius 2 is 2.09 bits per heavy atom. The van der Waals surface area contributed by atoms with E-state index in [-0.39, 0.29) is 12.0 Å². The summed E-state index contributed by atoms with van der Waals surface area (Å²) >= 11 is 0. The molecule has 124 valence electrons. The molecule has 1 aromatic carbocycles. The molecule has 1 aliphatic heterocycles. The summed E-state index contributed by atoms with van der Waals surface area (Å²) < 4.78 is 18.2. The molecular weight excluding hydrogens is 296 g/mol. The highest BCUT2D eigenvalue weighted by molar-refractivity contribution is 6.02. The molecule has 2 aromatic rings. The fourth-order valence-corrected chi connectivity index (χ4v) is 3.07. The van der Waals surface area contributed by atoms with Crippen LogP contribution in [0.2, 0.25) is 0 Å². The second-order valence-electron chi connectivity index (χ2n) is 5.67. The minimum absolute atomic E-state index is 0.122. The van der Waals surface area contributed by atoms with Crippen molar-refractivity contribution >= 4 is 16.8 Å². The number of amides is 1. The maximum absolute atomic E-state index is 12.5. The van der Waals surface area contributed by atoms with E-state index in [1.807, 2.05) is 29.8 Å². The lowest BCUT2D eigenvalue weighted by Crippen LogP contribution is -2.32. The zero-order valence-corrected chi connectivity index (χ0v) is 13.7. The first-order chi connectivity index (χ1) is 11.2. The van der Waals surface area contributed by atoms with E-state index in [9.17, 15) is 4.79 Å². The molecular formula is C17H22N2O4. The number of aromatic nitrogens is 1. The normalized spacial score (nSPS) is 17.4. The molecule has 6 heteroatoms. The van der Waals surface area contributed by atoms with Crippen LogP contribution < -0.4 is 14.8 Å². The van der Waals surface area contributed by atoms with Gasteiger partial charge in [0.2, 0.25) is 0 Å². The largest absolute Gasteiger partial charge is 0.496 e. The maximum atomic E-state index is 12.5. The van der Waals surface area contributed by atoms with E-state index in [4.69, 9.17) is 14.2 Å². The van der Waals surface area contributed by atoms with Crippen molar-refractivity contribution in [2.75, 3.05) is 27.4 Å². The number of hydrogen-bond donors (Lipinski definition) is 1. The number of methoxy groups -OCH3 is 2. The quantitative estimate of drug-likeness (QED) is 0.917. The highest BCUT2D eigenvalue weighted by Crippen LogP contribution is 2.35. The zero-order valence-electron chi connectivity index (χ0n) is 13.7. The van der Waals surface area contributed by atoms with Crippen LogP contribution in [-0.2, 0) is 11.8 Å². The Kier molecular flexibility index (Phi) is 4.43.